The highest BCUT2D eigenvalue weighted by molar-refractivity contribution is 7.22. The smallest absolute Gasteiger partial charge is 0.278 e. The number of pyridine rings is 1. The quantitative estimate of drug-likeness (QED) is 0.469. The third-order valence-corrected chi connectivity index (χ3v) is 5.93. The molecule has 0 fully saturated rings. The van der Waals surface area contributed by atoms with Crippen molar-refractivity contribution in [2.45, 2.75) is 40.3 Å². The van der Waals surface area contributed by atoms with Crippen molar-refractivity contribution in [2.24, 2.45) is 0 Å². The van der Waals surface area contributed by atoms with Gasteiger partial charge in [0.25, 0.3) is 5.91 Å². The number of rotatable bonds is 6. The average molecular weight is 406 g/mol. The van der Waals surface area contributed by atoms with Gasteiger partial charge < -0.3 is 0 Å². The summed E-state index contributed by atoms with van der Waals surface area (Å²) in [5.74, 6) is -0.154. The van der Waals surface area contributed by atoms with Crippen LogP contribution in [0.1, 0.15) is 41.2 Å². The molecule has 1 amide bonds. The fourth-order valence-corrected chi connectivity index (χ4v) is 4.29. The number of aromatic nitrogens is 4. The van der Waals surface area contributed by atoms with E-state index in [1.54, 1.807) is 17.3 Å². The molecular formula is C22H23N5OS. The van der Waals surface area contributed by atoms with Crippen molar-refractivity contribution in [3.8, 4) is 0 Å². The number of hydrogen-bond acceptors (Lipinski definition) is 5. The van der Waals surface area contributed by atoms with Crippen LogP contribution >= 0.6 is 11.3 Å². The maximum absolute atomic E-state index is 13.4. The fraction of sp³-hybridized carbons (Fsp3) is 0.273. The van der Waals surface area contributed by atoms with E-state index in [1.165, 1.54) is 16.9 Å². The van der Waals surface area contributed by atoms with Crippen LogP contribution in [-0.4, -0.2) is 25.7 Å². The molecule has 0 radical (unpaired) electrons. The van der Waals surface area contributed by atoms with Crippen molar-refractivity contribution in [1.29, 1.82) is 0 Å². The molecule has 0 spiro atoms. The van der Waals surface area contributed by atoms with Crippen molar-refractivity contribution >= 4 is 32.6 Å². The molecule has 7 heteroatoms. The zero-order chi connectivity index (χ0) is 20.4. The molecule has 0 atom stereocenters. The predicted molar refractivity (Wildman–Crippen MR) is 116 cm³/mol. The Bertz CT molecular complexity index is 1150. The molecule has 0 bridgehead atoms. The van der Waals surface area contributed by atoms with E-state index < -0.39 is 0 Å². The van der Waals surface area contributed by atoms with Gasteiger partial charge in [-0.2, -0.15) is 5.10 Å². The van der Waals surface area contributed by atoms with Crippen LogP contribution in [0, 0.1) is 6.92 Å². The normalized spacial score (nSPS) is 11.1. The first-order valence-corrected chi connectivity index (χ1v) is 10.6. The van der Waals surface area contributed by atoms with Gasteiger partial charge in [-0.15, -0.1) is 0 Å². The van der Waals surface area contributed by atoms with E-state index >= 15 is 0 Å². The molecule has 0 N–H and O–H groups in total. The summed E-state index contributed by atoms with van der Waals surface area (Å²) in [6.45, 7) is 7.23. The third kappa shape index (κ3) is 3.91. The van der Waals surface area contributed by atoms with Crippen LogP contribution in [0.25, 0.3) is 10.2 Å². The Kier molecular flexibility index (Phi) is 5.40. The molecule has 0 unspecified atom stereocenters. The lowest BCUT2D eigenvalue weighted by Gasteiger charge is -2.18. The van der Waals surface area contributed by atoms with Gasteiger partial charge in [0.2, 0.25) is 0 Å². The SMILES string of the molecule is CCc1ccc2nc(N(Cc3cccnc3)C(=O)c3cc(C)n(CC)n3)sc2c1. The first kappa shape index (κ1) is 19.3. The van der Waals surface area contributed by atoms with Crippen LogP contribution in [-0.2, 0) is 19.5 Å². The molecule has 3 heterocycles. The molecule has 0 saturated heterocycles. The van der Waals surface area contributed by atoms with Crippen LogP contribution in [0.2, 0.25) is 0 Å². The molecule has 4 aromatic rings. The number of nitrogens with zero attached hydrogens (tertiary/aromatic N) is 5. The lowest BCUT2D eigenvalue weighted by molar-refractivity contribution is 0.0979. The highest BCUT2D eigenvalue weighted by atomic mass is 32.1. The highest BCUT2D eigenvalue weighted by Gasteiger charge is 2.24. The van der Waals surface area contributed by atoms with Crippen LogP contribution in [0.5, 0.6) is 0 Å². The zero-order valence-electron chi connectivity index (χ0n) is 16.8. The Morgan fingerprint density at radius 2 is 2.03 bits per heavy atom. The number of carbonyl (C=O) groups is 1. The standard InChI is InChI=1S/C22H23N5OS/c1-4-16-8-9-18-20(12-16)29-22(24-18)26(14-17-7-6-10-23-13-17)21(28)19-11-15(3)27(5-2)25-19/h6-13H,4-5,14H2,1-3H3. The van der Waals surface area contributed by atoms with Gasteiger partial charge in [-0.05, 0) is 55.7 Å². The van der Waals surface area contributed by atoms with Crippen molar-refractivity contribution in [3.63, 3.8) is 0 Å². The Labute approximate surface area is 173 Å². The van der Waals surface area contributed by atoms with E-state index in [1.807, 2.05) is 42.8 Å². The Morgan fingerprint density at radius 1 is 1.17 bits per heavy atom. The maximum Gasteiger partial charge on any atom is 0.280 e. The molecule has 0 aliphatic carbocycles. The molecule has 4 rings (SSSR count). The van der Waals surface area contributed by atoms with Gasteiger partial charge >= 0.3 is 0 Å². The second-order valence-corrected chi connectivity index (χ2v) is 7.90. The highest BCUT2D eigenvalue weighted by Crippen LogP contribution is 2.31. The largest absolute Gasteiger partial charge is 0.280 e. The minimum Gasteiger partial charge on any atom is -0.278 e. The number of thiazole rings is 1. The Morgan fingerprint density at radius 3 is 2.72 bits per heavy atom. The van der Waals surface area contributed by atoms with E-state index in [0.29, 0.717) is 17.4 Å². The molecule has 0 aliphatic heterocycles. The summed E-state index contributed by atoms with van der Waals surface area (Å²) >= 11 is 1.53. The van der Waals surface area contributed by atoms with Crippen molar-refractivity contribution in [1.82, 2.24) is 19.7 Å². The lowest BCUT2D eigenvalue weighted by Crippen LogP contribution is -2.30. The third-order valence-electron chi connectivity index (χ3n) is 4.89. The van der Waals surface area contributed by atoms with Gasteiger partial charge in [-0.25, -0.2) is 4.98 Å². The number of aryl methyl sites for hydroxylation is 3. The van der Waals surface area contributed by atoms with Crippen LogP contribution < -0.4 is 4.90 Å². The number of carbonyl (C=O) groups excluding carboxylic acids is 1. The van der Waals surface area contributed by atoms with Gasteiger partial charge in [0.05, 0.1) is 16.8 Å². The molecule has 0 aliphatic rings. The fourth-order valence-electron chi connectivity index (χ4n) is 3.27. The zero-order valence-corrected chi connectivity index (χ0v) is 17.6. The molecular weight excluding hydrogens is 382 g/mol. The van der Waals surface area contributed by atoms with E-state index in [0.717, 1.165) is 34.4 Å². The minimum atomic E-state index is -0.154. The van der Waals surface area contributed by atoms with E-state index in [4.69, 9.17) is 4.98 Å². The van der Waals surface area contributed by atoms with Crippen LogP contribution in [0.4, 0.5) is 5.13 Å². The minimum absolute atomic E-state index is 0.154. The average Bonchev–Trinajstić information content (AvgIpc) is 3.34. The molecule has 0 saturated carbocycles. The molecule has 148 valence electrons. The van der Waals surface area contributed by atoms with Crippen molar-refractivity contribution < 1.29 is 4.79 Å². The molecule has 3 aromatic heterocycles. The second kappa shape index (κ2) is 8.13. The summed E-state index contributed by atoms with van der Waals surface area (Å²) in [6, 6.07) is 11.9. The Hall–Kier alpha value is -3.06. The molecule has 29 heavy (non-hydrogen) atoms. The first-order valence-electron chi connectivity index (χ1n) is 9.73. The van der Waals surface area contributed by atoms with E-state index in [9.17, 15) is 4.79 Å². The van der Waals surface area contributed by atoms with E-state index in [2.05, 4.69) is 29.1 Å². The number of hydrogen-bond donors (Lipinski definition) is 0. The summed E-state index contributed by atoms with van der Waals surface area (Å²) in [5, 5.41) is 5.16. The van der Waals surface area contributed by atoms with E-state index in [-0.39, 0.29) is 5.91 Å². The maximum atomic E-state index is 13.4. The summed E-state index contributed by atoms with van der Waals surface area (Å²) in [7, 11) is 0. The number of anilines is 1. The van der Waals surface area contributed by atoms with Crippen LogP contribution in [0.3, 0.4) is 0 Å². The Balaban J connectivity index is 1.76. The molecule has 6 nitrogen and oxygen atoms in total. The summed E-state index contributed by atoms with van der Waals surface area (Å²) in [4.78, 5) is 24.1. The van der Waals surface area contributed by atoms with Gasteiger partial charge in [-0.3, -0.25) is 19.4 Å². The van der Waals surface area contributed by atoms with Crippen molar-refractivity contribution in [3.05, 3.63) is 71.3 Å². The number of benzene rings is 1. The predicted octanol–water partition coefficient (Wildman–Crippen LogP) is 4.63. The van der Waals surface area contributed by atoms with Gasteiger partial charge in [-0.1, -0.05) is 30.4 Å². The topological polar surface area (TPSA) is 63.9 Å². The first-order chi connectivity index (χ1) is 14.1. The van der Waals surface area contributed by atoms with Gasteiger partial charge in [0, 0.05) is 24.6 Å². The number of amides is 1. The second-order valence-electron chi connectivity index (χ2n) is 6.89. The number of fused-ring (bicyclic) bond motifs is 1. The lowest BCUT2D eigenvalue weighted by atomic mass is 10.2. The molecule has 1 aromatic carbocycles. The van der Waals surface area contributed by atoms with Gasteiger partial charge in [0.15, 0.2) is 10.8 Å². The van der Waals surface area contributed by atoms with Crippen molar-refractivity contribution in [2.75, 3.05) is 4.90 Å². The van der Waals surface area contributed by atoms with Crippen LogP contribution in [0.15, 0.2) is 48.8 Å². The van der Waals surface area contributed by atoms with Gasteiger partial charge in [0.1, 0.15) is 0 Å². The summed E-state index contributed by atoms with van der Waals surface area (Å²) < 4.78 is 2.92. The summed E-state index contributed by atoms with van der Waals surface area (Å²) in [5.41, 5.74) is 4.51. The summed E-state index contributed by atoms with van der Waals surface area (Å²) in [6.07, 6.45) is 4.47. The monoisotopic (exact) mass is 405 g/mol.